The van der Waals surface area contributed by atoms with Gasteiger partial charge in [-0.2, -0.15) is 0 Å². The first-order chi connectivity index (χ1) is 8.92. The van der Waals surface area contributed by atoms with Gasteiger partial charge < -0.3 is 0 Å². The molecule has 1 heteroatoms. The van der Waals surface area contributed by atoms with Crippen LogP contribution in [0.25, 0.3) is 10.8 Å². The predicted octanol–water partition coefficient (Wildman–Crippen LogP) is 4.40. The third-order valence-electron chi connectivity index (χ3n) is 3.77. The van der Waals surface area contributed by atoms with Crippen LogP contribution in [-0.4, -0.2) is 12.3 Å². The number of nitrogens with zero attached hydrogens (tertiary/aromatic N) is 1. The van der Waals surface area contributed by atoms with Crippen LogP contribution in [0.15, 0.2) is 47.5 Å². The molecule has 2 aromatic rings. The molecule has 0 aliphatic carbocycles. The summed E-state index contributed by atoms with van der Waals surface area (Å²) in [5.41, 5.74) is 1.44. The summed E-state index contributed by atoms with van der Waals surface area (Å²) in [5, 5.41) is 2.68. The van der Waals surface area contributed by atoms with Gasteiger partial charge in [-0.15, -0.1) is 0 Å². The number of rotatable bonds is 3. The van der Waals surface area contributed by atoms with Gasteiger partial charge in [0.15, 0.2) is 0 Å². The number of aryl methyl sites for hydroxylation is 1. The van der Waals surface area contributed by atoms with Crippen molar-refractivity contribution in [3.63, 3.8) is 0 Å². The fraction of sp³-hybridized carbons (Fsp3) is 0.353. The second-order valence-electron chi connectivity index (χ2n) is 5.14. The molecule has 3 rings (SSSR count). The van der Waals surface area contributed by atoms with E-state index < -0.39 is 0 Å². The van der Waals surface area contributed by atoms with Gasteiger partial charge >= 0.3 is 0 Å². The molecule has 1 unspecified atom stereocenters. The molecular formula is C17H19N. The summed E-state index contributed by atoms with van der Waals surface area (Å²) in [4.78, 5) is 4.58. The van der Waals surface area contributed by atoms with Crippen LogP contribution in [-0.2, 0) is 6.42 Å². The Morgan fingerprint density at radius 3 is 2.78 bits per heavy atom. The highest BCUT2D eigenvalue weighted by Gasteiger charge is 2.09. The first-order valence-electron chi connectivity index (χ1n) is 6.91. The topological polar surface area (TPSA) is 12.4 Å². The van der Waals surface area contributed by atoms with E-state index in [0.717, 1.165) is 6.42 Å². The van der Waals surface area contributed by atoms with Gasteiger partial charge in [0, 0.05) is 6.04 Å². The van der Waals surface area contributed by atoms with Crippen molar-refractivity contribution >= 4 is 17.0 Å². The quantitative estimate of drug-likeness (QED) is 0.750. The van der Waals surface area contributed by atoms with E-state index in [0.29, 0.717) is 6.04 Å². The van der Waals surface area contributed by atoms with E-state index in [1.165, 1.54) is 42.0 Å². The first-order valence-corrected chi connectivity index (χ1v) is 6.91. The zero-order chi connectivity index (χ0) is 12.2. The van der Waals surface area contributed by atoms with Crippen LogP contribution in [0.1, 0.15) is 31.2 Å². The summed E-state index contributed by atoms with van der Waals surface area (Å²) in [6.07, 6.45) is 8.19. The number of benzene rings is 2. The molecule has 1 aliphatic rings. The average Bonchev–Trinajstić information content (AvgIpc) is 2.46. The monoisotopic (exact) mass is 237 g/mol. The van der Waals surface area contributed by atoms with Gasteiger partial charge in [0.05, 0.1) is 0 Å². The smallest absolute Gasteiger partial charge is 0.0499 e. The van der Waals surface area contributed by atoms with Crippen LogP contribution >= 0.6 is 0 Å². The molecule has 0 saturated carbocycles. The largest absolute Gasteiger partial charge is 0.294 e. The zero-order valence-electron chi connectivity index (χ0n) is 10.7. The molecule has 0 N–H and O–H groups in total. The lowest BCUT2D eigenvalue weighted by molar-refractivity contribution is 0.539. The normalized spacial score (nSPS) is 19.2. The summed E-state index contributed by atoms with van der Waals surface area (Å²) < 4.78 is 0. The Morgan fingerprint density at radius 2 is 1.94 bits per heavy atom. The lowest BCUT2D eigenvalue weighted by Gasteiger charge is -2.15. The van der Waals surface area contributed by atoms with E-state index in [2.05, 4.69) is 53.7 Å². The van der Waals surface area contributed by atoms with Gasteiger partial charge in [-0.05, 0) is 54.7 Å². The van der Waals surface area contributed by atoms with Crippen molar-refractivity contribution in [2.24, 2.45) is 4.99 Å². The van der Waals surface area contributed by atoms with Crippen molar-refractivity contribution in [1.29, 1.82) is 0 Å². The fourth-order valence-corrected chi connectivity index (χ4v) is 2.69. The molecule has 0 fully saturated rings. The van der Waals surface area contributed by atoms with Crippen LogP contribution in [0.4, 0.5) is 0 Å². The van der Waals surface area contributed by atoms with Crippen LogP contribution in [0.3, 0.4) is 0 Å². The molecule has 0 bridgehead atoms. The highest BCUT2D eigenvalue weighted by Crippen LogP contribution is 2.19. The van der Waals surface area contributed by atoms with Gasteiger partial charge in [0.2, 0.25) is 0 Å². The molecule has 18 heavy (non-hydrogen) atoms. The fourth-order valence-electron chi connectivity index (χ4n) is 2.69. The third kappa shape index (κ3) is 2.61. The van der Waals surface area contributed by atoms with Crippen LogP contribution < -0.4 is 0 Å². The number of hydrogen-bond donors (Lipinski definition) is 0. The van der Waals surface area contributed by atoms with Gasteiger partial charge in [-0.3, -0.25) is 4.99 Å². The Kier molecular flexibility index (Phi) is 3.40. The number of hydrogen-bond acceptors (Lipinski definition) is 1. The van der Waals surface area contributed by atoms with Gasteiger partial charge in [-0.1, -0.05) is 42.5 Å². The Balaban J connectivity index is 1.70. The van der Waals surface area contributed by atoms with Crippen molar-refractivity contribution in [1.82, 2.24) is 0 Å². The second-order valence-corrected chi connectivity index (χ2v) is 5.14. The molecule has 1 nitrogen and oxygen atoms in total. The number of aliphatic imine (C=N–C) groups is 1. The molecule has 1 heterocycles. The van der Waals surface area contributed by atoms with Crippen molar-refractivity contribution in [3.05, 3.63) is 48.0 Å². The van der Waals surface area contributed by atoms with Crippen molar-refractivity contribution in [2.45, 2.75) is 38.1 Å². The van der Waals surface area contributed by atoms with Gasteiger partial charge in [0.1, 0.15) is 0 Å². The van der Waals surface area contributed by atoms with Gasteiger partial charge in [0.25, 0.3) is 0 Å². The van der Waals surface area contributed by atoms with Crippen LogP contribution in [0, 0.1) is 0 Å². The van der Waals surface area contributed by atoms with Crippen LogP contribution in [0.2, 0.25) is 0 Å². The molecule has 0 amide bonds. The maximum absolute atomic E-state index is 4.58. The maximum Gasteiger partial charge on any atom is 0.0499 e. The minimum Gasteiger partial charge on any atom is -0.294 e. The van der Waals surface area contributed by atoms with Crippen molar-refractivity contribution < 1.29 is 0 Å². The Morgan fingerprint density at radius 1 is 1.06 bits per heavy atom. The molecule has 0 saturated heterocycles. The summed E-state index contributed by atoms with van der Waals surface area (Å²) in [5.74, 6) is 0. The molecule has 0 spiro atoms. The number of fused-ring (bicyclic) bond motifs is 1. The van der Waals surface area contributed by atoms with E-state index in [1.54, 1.807) is 0 Å². The maximum atomic E-state index is 4.58. The van der Waals surface area contributed by atoms with Gasteiger partial charge in [-0.25, -0.2) is 0 Å². The standard InChI is InChI=1S/C17H19N/c1-2-6-16-13-14(8-10-15(16)5-1)9-11-17-7-3-4-12-18-17/h1-2,5-6,8,10,12-13,17H,3-4,7,9,11H2. The minimum absolute atomic E-state index is 0.560. The first kappa shape index (κ1) is 11.5. The molecule has 2 aromatic carbocycles. The lowest BCUT2D eigenvalue weighted by Crippen LogP contribution is -2.10. The summed E-state index contributed by atoms with van der Waals surface area (Å²) >= 11 is 0. The van der Waals surface area contributed by atoms with Crippen molar-refractivity contribution in [2.75, 3.05) is 0 Å². The molecule has 1 aliphatic heterocycles. The van der Waals surface area contributed by atoms with Crippen LogP contribution in [0.5, 0.6) is 0 Å². The lowest BCUT2D eigenvalue weighted by atomic mass is 9.98. The summed E-state index contributed by atoms with van der Waals surface area (Å²) in [6.45, 7) is 0. The Bertz CT molecular complexity index is 556. The predicted molar refractivity (Wildman–Crippen MR) is 78.4 cm³/mol. The molecule has 0 radical (unpaired) electrons. The molecule has 0 aromatic heterocycles. The van der Waals surface area contributed by atoms with E-state index in [4.69, 9.17) is 0 Å². The minimum atomic E-state index is 0.560. The highest BCUT2D eigenvalue weighted by atomic mass is 14.8. The Hall–Kier alpha value is -1.63. The second kappa shape index (κ2) is 5.34. The molecule has 1 atom stereocenters. The SMILES string of the molecule is C1=NC(CCc2ccc3ccccc3c2)CCC1. The Labute approximate surface area is 109 Å². The van der Waals surface area contributed by atoms with Crippen molar-refractivity contribution in [3.8, 4) is 0 Å². The summed E-state index contributed by atoms with van der Waals surface area (Å²) in [6, 6.07) is 15.9. The molecular weight excluding hydrogens is 218 g/mol. The van der Waals surface area contributed by atoms with E-state index in [-0.39, 0.29) is 0 Å². The van der Waals surface area contributed by atoms with E-state index in [9.17, 15) is 0 Å². The third-order valence-corrected chi connectivity index (χ3v) is 3.77. The molecule has 92 valence electrons. The highest BCUT2D eigenvalue weighted by molar-refractivity contribution is 5.82. The van der Waals surface area contributed by atoms with E-state index in [1.807, 2.05) is 0 Å². The summed E-state index contributed by atoms with van der Waals surface area (Å²) in [7, 11) is 0. The van der Waals surface area contributed by atoms with E-state index >= 15 is 0 Å². The average molecular weight is 237 g/mol. The zero-order valence-corrected chi connectivity index (χ0v) is 10.7.